The third-order valence-corrected chi connectivity index (χ3v) is 4.92. The zero-order valence-corrected chi connectivity index (χ0v) is 14.2. The van der Waals surface area contributed by atoms with Gasteiger partial charge in [-0.2, -0.15) is 0 Å². The van der Waals surface area contributed by atoms with Crippen LogP contribution in [0.4, 0.5) is 4.79 Å². The van der Waals surface area contributed by atoms with Gasteiger partial charge in [0.2, 0.25) is 0 Å². The molecule has 1 heterocycles. The van der Waals surface area contributed by atoms with Crippen molar-refractivity contribution in [2.75, 3.05) is 13.1 Å². The Morgan fingerprint density at radius 1 is 1.22 bits per heavy atom. The summed E-state index contributed by atoms with van der Waals surface area (Å²) in [5.74, 6) is 0.550. The molecule has 1 aliphatic heterocycles. The molecule has 0 aromatic heterocycles. The first-order valence-corrected chi connectivity index (χ1v) is 8.69. The van der Waals surface area contributed by atoms with E-state index >= 15 is 0 Å². The Hall–Kier alpha value is -1.62. The second-order valence-electron chi connectivity index (χ2n) is 6.44. The monoisotopic (exact) mass is 319 g/mol. The van der Waals surface area contributed by atoms with Gasteiger partial charge in [0.15, 0.2) is 0 Å². The maximum absolute atomic E-state index is 10.7. The second-order valence-corrected chi connectivity index (χ2v) is 6.44. The minimum absolute atomic E-state index is 0.0973. The number of carbonyl (C=O) groups is 1. The lowest BCUT2D eigenvalue weighted by Crippen LogP contribution is -2.40. The van der Waals surface area contributed by atoms with Crippen LogP contribution in [0.25, 0.3) is 0 Å². The quantitative estimate of drug-likeness (QED) is 0.602. The van der Waals surface area contributed by atoms with E-state index in [1.54, 1.807) is 0 Å². The smallest absolute Gasteiger partial charge is 0.404 e. The number of aliphatic imine (C=N–C) groups is 1. The number of nitrogens with one attached hydrogen (secondary N) is 1. The van der Waals surface area contributed by atoms with Gasteiger partial charge in [0.25, 0.3) is 0 Å². The first-order chi connectivity index (χ1) is 11.1. The summed E-state index contributed by atoms with van der Waals surface area (Å²) >= 11 is 0. The molecule has 0 aromatic rings. The van der Waals surface area contributed by atoms with Crippen LogP contribution in [0, 0.1) is 5.92 Å². The topological polar surface area (TPSA) is 64.9 Å². The van der Waals surface area contributed by atoms with Gasteiger partial charge in [-0.15, -0.1) is 0 Å². The van der Waals surface area contributed by atoms with Crippen LogP contribution in [0.2, 0.25) is 0 Å². The van der Waals surface area contributed by atoms with E-state index in [0.717, 1.165) is 19.5 Å². The molecule has 1 aliphatic carbocycles. The fraction of sp³-hybridized carbons (Fsp3) is 0.667. The van der Waals surface area contributed by atoms with Gasteiger partial charge < -0.3 is 10.4 Å². The van der Waals surface area contributed by atoms with Crippen LogP contribution in [0.15, 0.2) is 28.9 Å². The fourth-order valence-corrected chi connectivity index (χ4v) is 3.78. The predicted molar refractivity (Wildman–Crippen MR) is 93.9 cm³/mol. The number of allylic oxidation sites excluding steroid dienone is 4. The summed E-state index contributed by atoms with van der Waals surface area (Å²) in [6.07, 6.45) is 12.8. The molecular weight excluding hydrogens is 290 g/mol. The molecule has 2 fully saturated rings. The van der Waals surface area contributed by atoms with Gasteiger partial charge in [-0.3, -0.25) is 9.89 Å². The average molecular weight is 319 g/mol. The summed E-state index contributed by atoms with van der Waals surface area (Å²) in [5.41, 5.74) is 1.19. The number of likely N-dealkylation sites (tertiary alicyclic amines) is 1. The third-order valence-electron chi connectivity index (χ3n) is 4.92. The second kappa shape index (κ2) is 8.87. The maximum Gasteiger partial charge on any atom is 0.404 e. The zero-order valence-electron chi connectivity index (χ0n) is 14.2. The molecule has 0 radical (unpaired) electrons. The summed E-state index contributed by atoms with van der Waals surface area (Å²) < 4.78 is 0. The Kier molecular flexibility index (Phi) is 6.84. The molecule has 1 saturated carbocycles. The lowest BCUT2D eigenvalue weighted by Gasteiger charge is -2.34. The van der Waals surface area contributed by atoms with E-state index in [-0.39, 0.29) is 6.04 Å². The van der Waals surface area contributed by atoms with Crippen LogP contribution >= 0.6 is 0 Å². The number of hydrogen-bond acceptors (Lipinski definition) is 3. The van der Waals surface area contributed by atoms with Gasteiger partial charge in [0.1, 0.15) is 0 Å². The molecule has 23 heavy (non-hydrogen) atoms. The van der Waals surface area contributed by atoms with E-state index in [1.165, 1.54) is 31.4 Å². The number of rotatable bonds is 5. The number of nitrogens with zero attached hydrogens (tertiary/aromatic N) is 2. The molecular formula is C18H29N3O2. The lowest BCUT2D eigenvalue weighted by atomic mass is 9.83. The van der Waals surface area contributed by atoms with Crippen molar-refractivity contribution in [3.8, 4) is 0 Å². The summed E-state index contributed by atoms with van der Waals surface area (Å²) in [4.78, 5) is 17.8. The fourth-order valence-electron chi connectivity index (χ4n) is 3.78. The van der Waals surface area contributed by atoms with Crippen LogP contribution in [-0.4, -0.2) is 47.5 Å². The average Bonchev–Trinajstić information content (AvgIpc) is 2.99. The maximum atomic E-state index is 10.7. The Morgan fingerprint density at radius 3 is 2.57 bits per heavy atom. The Morgan fingerprint density at radius 2 is 1.96 bits per heavy atom. The van der Waals surface area contributed by atoms with E-state index in [2.05, 4.69) is 27.4 Å². The molecule has 1 atom stereocenters. The Balaban J connectivity index is 1.85. The molecule has 0 bridgehead atoms. The first-order valence-electron chi connectivity index (χ1n) is 8.69. The molecule has 1 amide bonds. The molecule has 0 spiro atoms. The van der Waals surface area contributed by atoms with Crippen molar-refractivity contribution in [1.29, 1.82) is 0 Å². The van der Waals surface area contributed by atoms with Crippen LogP contribution in [0.1, 0.15) is 46.0 Å². The number of hydrogen-bond donors (Lipinski definition) is 2. The third kappa shape index (κ3) is 5.20. The highest BCUT2D eigenvalue weighted by molar-refractivity contribution is 5.64. The molecule has 2 aliphatic rings. The first kappa shape index (κ1) is 17.7. The van der Waals surface area contributed by atoms with Crippen molar-refractivity contribution in [3.05, 3.63) is 23.9 Å². The van der Waals surface area contributed by atoms with Gasteiger partial charge in [0.05, 0.1) is 0 Å². The van der Waals surface area contributed by atoms with Gasteiger partial charge in [-0.05, 0) is 52.0 Å². The normalized spacial score (nSPS) is 30.3. The van der Waals surface area contributed by atoms with Crippen LogP contribution in [-0.2, 0) is 0 Å². The van der Waals surface area contributed by atoms with E-state index in [9.17, 15) is 4.79 Å². The SMILES string of the molecule is CC=N/C(=C\C=C/C)C1CCC(N2CC[C@@H](NC(=O)O)C2)CC1. The molecule has 128 valence electrons. The Labute approximate surface area is 139 Å². The van der Waals surface area contributed by atoms with Crippen molar-refractivity contribution in [1.82, 2.24) is 10.2 Å². The molecule has 1 saturated heterocycles. The van der Waals surface area contributed by atoms with Crippen molar-refractivity contribution >= 4 is 12.3 Å². The highest BCUT2D eigenvalue weighted by Crippen LogP contribution is 2.34. The lowest BCUT2D eigenvalue weighted by molar-refractivity contribution is 0.166. The minimum atomic E-state index is -0.906. The Bertz CT molecular complexity index is 477. The van der Waals surface area contributed by atoms with Crippen molar-refractivity contribution in [2.24, 2.45) is 10.9 Å². The van der Waals surface area contributed by atoms with E-state index in [1.807, 2.05) is 26.1 Å². The van der Waals surface area contributed by atoms with Crippen molar-refractivity contribution < 1.29 is 9.90 Å². The zero-order chi connectivity index (χ0) is 16.7. The summed E-state index contributed by atoms with van der Waals surface area (Å²) in [6.45, 7) is 5.86. The van der Waals surface area contributed by atoms with Crippen LogP contribution in [0.3, 0.4) is 0 Å². The largest absolute Gasteiger partial charge is 0.465 e. The molecule has 2 rings (SSSR count). The highest BCUT2D eigenvalue weighted by atomic mass is 16.4. The van der Waals surface area contributed by atoms with Crippen LogP contribution < -0.4 is 5.32 Å². The summed E-state index contributed by atoms with van der Waals surface area (Å²) in [7, 11) is 0. The van der Waals surface area contributed by atoms with Gasteiger partial charge in [-0.25, -0.2) is 4.79 Å². The molecule has 5 nitrogen and oxygen atoms in total. The number of carboxylic acid groups (broad SMARTS) is 1. The van der Waals surface area contributed by atoms with Gasteiger partial charge in [-0.1, -0.05) is 12.2 Å². The highest BCUT2D eigenvalue weighted by Gasteiger charge is 2.32. The van der Waals surface area contributed by atoms with Gasteiger partial charge in [0, 0.05) is 43.0 Å². The van der Waals surface area contributed by atoms with E-state index in [4.69, 9.17) is 5.11 Å². The molecule has 0 aromatic carbocycles. The molecule has 0 unspecified atom stereocenters. The molecule has 5 heteroatoms. The summed E-state index contributed by atoms with van der Waals surface area (Å²) in [6, 6.07) is 0.695. The van der Waals surface area contributed by atoms with Crippen molar-refractivity contribution in [3.63, 3.8) is 0 Å². The summed E-state index contributed by atoms with van der Waals surface area (Å²) in [5, 5.41) is 11.4. The predicted octanol–water partition coefficient (Wildman–Crippen LogP) is 3.44. The number of amides is 1. The van der Waals surface area contributed by atoms with E-state index in [0.29, 0.717) is 12.0 Å². The minimum Gasteiger partial charge on any atom is -0.465 e. The van der Waals surface area contributed by atoms with Crippen molar-refractivity contribution in [2.45, 2.75) is 58.0 Å². The van der Waals surface area contributed by atoms with Gasteiger partial charge >= 0.3 is 6.09 Å². The molecule has 2 N–H and O–H groups in total. The van der Waals surface area contributed by atoms with E-state index < -0.39 is 6.09 Å². The standard InChI is InChI=1S/C18H29N3O2/c1-3-5-6-17(19-4-2)14-7-9-16(10-8-14)21-12-11-15(13-21)20-18(22)23/h3-6,14-16,20H,7-13H2,1-2H3,(H,22,23)/b5-3-,17-6-,19-4?/t14?,15-,16?/m1/s1. The van der Waals surface area contributed by atoms with Crippen LogP contribution in [0.5, 0.6) is 0 Å².